The summed E-state index contributed by atoms with van der Waals surface area (Å²) in [4.78, 5) is 21.0. The molecular formula is C19H20Cl2FN3O3. The number of alkyl halides is 1. The van der Waals surface area contributed by atoms with Crippen LogP contribution in [-0.2, 0) is 4.74 Å². The van der Waals surface area contributed by atoms with Gasteiger partial charge in [0.25, 0.3) is 0 Å². The number of rotatable bonds is 4. The maximum atomic E-state index is 13.4. The summed E-state index contributed by atoms with van der Waals surface area (Å²) < 4.78 is 19.1. The van der Waals surface area contributed by atoms with Crippen molar-refractivity contribution in [3.05, 3.63) is 41.4 Å². The Bertz CT molecular complexity index is 881. The van der Waals surface area contributed by atoms with E-state index in [0.717, 1.165) is 4.90 Å². The number of nitrogens with zero attached hydrogens (tertiary/aromatic N) is 3. The van der Waals surface area contributed by atoms with Gasteiger partial charge in [-0.2, -0.15) is 4.39 Å². The van der Waals surface area contributed by atoms with Gasteiger partial charge in [-0.05, 0) is 44.4 Å². The molecule has 0 spiro atoms. The summed E-state index contributed by atoms with van der Waals surface area (Å²) in [5, 5.41) is 9.59. The molecule has 0 aliphatic carbocycles. The molecule has 0 bridgehead atoms. The predicted octanol–water partition coefficient (Wildman–Crippen LogP) is 4.84. The predicted molar refractivity (Wildman–Crippen MR) is 106 cm³/mol. The van der Waals surface area contributed by atoms with E-state index in [2.05, 4.69) is 9.97 Å². The zero-order valence-electron chi connectivity index (χ0n) is 15.4. The van der Waals surface area contributed by atoms with Crippen LogP contribution in [0.4, 0.5) is 15.0 Å². The van der Waals surface area contributed by atoms with Gasteiger partial charge >= 0.3 is 6.09 Å². The van der Waals surface area contributed by atoms with Gasteiger partial charge in [0.1, 0.15) is 0 Å². The van der Waals surface area contributed by atoms with Crippen LogP contribution in [0, 0.1) is 11.9 Å². The molecule has 3 heterocycles. The Morgan fingerprint density at radius 3 is 2.86 bits per heavy atom. The number of carboxylic acid groups (broad SMARTS) is 1. The van der Waals surface area contributed by atoms with Gasteiger partial charge < -0.3 is 9.84 Å². The van der Waals surface area contributed by atoms with Crippen molar-refractivity contribution >= 4 is 35.1 Å². The molecule has 2 unspecified atom stereocenters. The van der Waals surface area contributed by atoms with E-state index in [4.69, 9.17) is 27.9 Å². The van der Waals surface area contributed by atoms with E-state index in [1.165, 1.54) is 12.3 Å². The van der Waals surface area contributed by atoms with E-state index in [1.54, 1.807) is 18.2 Å². The van der Waals surface area contributed by atoms with Gasteiger partial charge in [0.15, 0.2) is 5.82 Å². The van der Waals surface area contributed by atoms with Crippen molar-refractivity contribution in [2.45, 2.75) is 31.2 Å². The lowest BCUT2D eigenvalue weighted by Crippen LogP contribution is -2.50. The van der Waals surface area contributed by atoms with Crippen LogP contribution in [0.1, 0.15) is 20.3 Å². The highest BCUT2D eigenvalue weighted by atomic mass is 35.5. The van der Waals surface area contributed by atoms with Crippen molar-refractivity contribution in [2.75, 3.05) is 18.1 Å². The Morgan fingerprint density at radius 1 is 1.43 bits per heavy atom. The number of halogens is 3. The second-order valence-corrected chi connectivity index (χ2v) is 8.04. The average molecular weight is 428 g/mol. The number of anilines is 1. The third-order valence-corrected chi connectivity index (χ3v) is 5.97. The van der Waals surface area contributed by atoms with E-state index in [1.807, 2.05) is 13.8 Å². The maximum absolute atomic E-state index is 13.4. The summed E-state index contributed by atoms with van der Waals surface area (Å²) in [6, 6.07) is 5.95. The molecule has 0 saturated carbocycles. The fourth-order valence-electron chi connectivity index (χ4n) is 3.28. The molecule has 3 rings (SSSR count). The molecule has 1 saturated heterocycles. The molecule has 2 aromatic rings. The molecule has 150 valence electrons. The third kappa shape index (κ3) is 4.37. The quantitative estimate of drug-likeness (QED) is 0.557. The fourth-order valence-corrected chi connectivity index (χ4v) is 3.76. The van der Waals surface area contributed by atoms with Crippen LogP contribution in [0.5, 0.6) is 0 Å². The normalized spacial score (nSPS) is 21.3. The van der Waals surface area contributed by atoms with Gasteiger partial charge in [-0.3, -0.25) is 4.90 Å². The van der Waals surface area contributed by atoms with E-state index < -0.39 is 17.6 Å². The minimum absolute atomic E-state index is 0.0806. The first kappa shape index (κ1) is 20.8. The SMILES string of the molecule is CC1(C)OCCC(CN(C(=O)O)c2nc(-c3ccnc(F)c3)ccc2Cl)C1Cl. The topological polar surface area (TPSA) is 75.5 Å². The Morgan fingerprint density at radius 2 is 2.18 bits per heavy atom. The Balaban J connectivity index is 1.94. The highest BCUT2D eigenvalue weighted by molar-refractivity contribution is 6.33. The highest BCUT2D eigenvalue weighted by Gasteiger charge is 2.40. The second kappa shape index (κ2) is 8.19. The molecule has 1 N–H and O–H groups in total. The first-order chi connectivity index (χ1) is 13.2. The molecule has 2 aromatic heterocycles. The van der Waals surface area contributed by atoms with E-state index >= 15 is 0 Å². The van der Waals surface area contributed by atoms with Crippen LogP contribution in [0.15, 0.2) is 30.5 Å². The monoisotopic (exact) mass is 427 g/mol. The maximum Gasteiger partial charge on any atom is 0.413 e. The lowest BCUT2D eigenvalue weighted by Gasteiger charge is -2.41. The standard InChI is InChI=1S/C19H20Cl2FN3O3/c1-19(2)16(21)12(6-8-28-19)10-25(18(26)27)17-13(20)3-4-14(24-17)11-5-7-23-15(22)9-11/h3-5,7,9,12,16H,6,8,10H2,1-2H3,(H,26,27). The molecule has 2 atom stereocenters. The molecule has 1 aliphatic heterocycles. The van der Waals surface area contributed by atoms with Crippen molar-refractivity contribution < 1.29 is 19.0 Å². The number of hydrogen-bond donors (Lipinski definition) is 1. The number of ether oxygens (including phenoxy) is 1. The smallest absolute Gasteiger partial charge is 0.413 e. The molecule has 28 heavy (non-hydrogen) atoms. The number of aromatic nitrogens is 2. The van der Waals surface area contributed by atoms with Crippen LogP contribution in [-0.4, -0.2) is 45.3 Å². The lowest BCUT2D eigenvalue weighted by molar-refractivity contribution is -0.0666. The summed E-state index contributed by atoms with van der Waals surface area (Å²) in [6.45, 7) is 4.38. The molecule has 0 aromatic carbocycles. The number of amides is 1. The molecule has 1 fully saturated rings. The van der Waals surface area contributed by atoms with Crippen molar-refractivity contribution in [2.24, 2.45) is 5.92 Å². The van der Waals surface area contributed by atoms with Crippen LogP contribution in [0.25, 0.3) is 11.3 Å². The van der Waals surface area contributed by atoms with Gasteiger partial charge in [-0.15, -0.1) is 11.6 Å². The van der Waals surface area contributed by atoms with Gasteiger partial charge in [-0.25, -0.2) is 14.8 Å². The summed E-state index contributed by atoms with van der Waals surface area (Å²) in [6.07, 6.45) is 0.743. The number of hydrogen-bond acceptors (Lipinski definition) is 4. The molecular weight excluding hydrogens is 408 g/mol. The van der Waals surface area contributed by atoms with E-state index in [0.29, 0.717) is 24.3 Å². The minimum Gasteiger partial charge on any atom is -0.465 e. The zero-order valence-corrected chi connectivity index (χ0v) is 16.9. The van der Waals surface area contributed by atoms with Crippen LogP contribution in [0.3, 0.4) is 0 Å². The molecule has 9 heteroatoms. The molecule has 1 amide bonds. The van der Waals surface area contributed by atoms with E-state index in [9.17, 15) is 14.3 Å². The third-order valence-electron chi connectivity index (χ3n) is 4.79. The Labute approximate surface area is 172 Å². The van der Waals surface area contributed by atoms with Crippen LogP contribution in [0.2, 0.25) is 5.02 Å². The van der Waals surface area contributed by atoms with Crippen molar-refractivity contribution in [3.8, 4) is 11.3 Å². The Hall–Kier alpha value is -1.96. The van der Waals surface area contributed by atoms with Gasteiger partial charge in [0.05, 0.1) is 21.7 Å². The van der Waals surface area contributed by atoms with E-state index in [-0.39, 0.29) is 28.7 Å². The first-order valence-corrected chi connectivity index (χ1v) is 9.57. The number of carbonyl (C=O) groups is 1. The lowest BCUT2D eigenvalue weighted by atomic mass is 9.87. The molecule has 6 nitrogen and oxygen atoms in total. The fraction of sp³-hybridized carbons (Fsp3) is 0.421. The average Bonchev–Trinajstić information content (AvgIpc) is 2.63. The summed E-state index contributed by atoms with van der Waals surface area (Å²) >= 11 is 12.8. The van der Waals surface area contributed by atoms with Gasteiger partial charge in [-0.1, -0.05) is 11.6 Å². The van der Waals surface area contributed by atoms with Crippen LogP contribution < -0.4 is 4.90 Å². The minimum atomic E-state index is -1.19. The van der Waals surface area contributed by atoms with Crippen molar-refractivity contribution in [1.82, 2.24) is 9.97 Å². The summed E-state index contributed by atoms with van der Waals surface area (Å²) in [5.74, 6) is -0.709. The molecule has 1 aliphatic rings. The van der Waals surface area contributed by atoms with Crippen molar-refractivity contribution in [1.29, 1.82) is 0 Å². The zero-order chi connectivity index (χ0) is 20.5. The number of pyridine rings is 2. The second-order valence-electron chi connectivity index (χ2n) is 7.16. The Kier molecular flexibility index (Phi) is 6.07. The largest absolute Gasteiger partial charge is 0.465 e. The van der Waals surface area contributed by atoms with Crippen molar-refractivity contribution in [3.63, 3.8) is 0 Å². The van der Waals surface area contributed by atoms with Gasteiger partial charge in [0, 0.05) is 31.0 Å². The van der Waals surface area contributed by atoms with Gasteiger partial charge in [0.2, 0.25) is 5.95 Å². The van der Waals surface area contributed by atoms with Crippen LogP contribution >= 0.6 is 23.2 Å². The highest BCUT2D eigenvalue weighted by Crippen LogP contribution is 2.36. The first-order valence-electron chi connectivity index (χ1n) is 8.76. The molecule has 0 radical (unpaired) electrons. The summed E-state index contributed by atoms with van der Waals surface area (Å²) in [7, 11) is 0. The summed E-state index contributed by atoms with van der Waals surface area (Å²) in [5.41, 5.74) is 0.294.